The van der Waals surface area contributed by atoms with E-state index < -0.39 is 6.10 Å². The molecule has 0 radical (unpaired) electrons. The molecule has 12 heavy (non-hydrogen) atoms. The minimum atomic E-state index is -0.584. The van der Waals surface area contributed by atoms with Crippen molar-refractivity contribution in [1.82, 2.24) is 0 Å². The third-order valence-corrected chi connectivity index (χ3v) is 2.95. The zero-order valence-corrected chi connectivity index (χ0v) is 8.59. The van der Waals surface area contributed by atoms with Crippen LogP contribution in [0.5, 0.6) is 0 Å². The van der Waals surface area contributed by atoms with Crippen molar-refractivity contribution >= 4 is 34.5 Å². The van der Waals surface area contributed by atoms with E-state index in [9.17, 15) is 5.11 Å². The minimum Gasteiger partial charge on any atom is -0.388 e. The highest BCUT2D eigenvalue weighted by Crippen LogP contribution is 2.35. The molecule has 4 heteroatoms. The zero-order valence-electron chi connectivity index (χ0n) is 6.26. The summed E-state index contributed by atoms with van der Waals surface area (Å²) in [6.07, 6.45) is 1.55. The summed E-state index contributed by atoms with van der Waals surface area (Å²) in [5, 5.41) is 9.51. The van der Waals surface area contributed by atoms with Gasteiger partial charge < -0.3 is 5.11 Å². The Morgan fingerprint density at radius 1 is 1.67 bits per heavy atom. The average molecular weight is 223 g/mol. The van der Waals surface area contributed by atoms with Crippen LogP contribution in [0.1, 0.15) is 18.1 Å². The van der Waals surface area contributed by atoms with E-state index in [-0.39, 0.29) is 0 Å². The first-order valence-corrected chi connectivity index (χ1v) is 4.96. The predicted octanol–water partition coefficient (Wildman–Crippen LogP) is 3.66. The van der Waals surface area contributed by atoms with Gasteiger partial charge in [0, 0.05) is 5.56 Å². The molecule has 1 atom stereocenters. The van der Waals surface area contributed by atoms with E-state index in [1.807, 2.05) is 0 Å². The highest BCUT2D eigenvalue weighted by Gasteiger charge is 2.13. The SMILES string of the molecule is C=CCC(O)c1cc(Cl)sc1Cl. The van der Waals surface area contributed by atoms with E-state index in [4.69, 9.17) is 23.2 Å². The molecule has 0 aliphatic heterocycles. The largest absolute Gasteiger partial charge is 0.388 e. The summed E-state index contributed by atoms with van der Waals surface area (Å²) in [6, 6.07) is 1.68. The van der Waals surface area contributed by atoms with Gasteiger partial charge in [0.25, 0.3) is 0 Å². The normalized spacial score (nSPS) is 12.9. The van der Waals surface area contributed by atoms with Gasteiger partial charge in [0.15, 0.2) is 0 Å². The lowest BCUT2D eigenvalue weighted by molar-refractivity contribution is 0.182. The van der Waals surface area contributed by atoms with Crippen molar-refractivity contribution < 1.29 is 5.11 Å². The minimum absolute atomic E-state index is 0.493. The van der Waals surface area contributed by atoms with Crippen molar-refractivity contribution in [3.63, 3.8) is 0 Å². The highest BCUT2D eigenvalue weighted by molar-refractivity contribution is 7.20. The monoisotopic (exact) mass is 222 g/mol. The van der Waals surface area contributed by atoms with Crippen LogP contribution in [0.4, 0.5) is 0 Å². The summed E-state index contributed by atoms with van der Waals surface area (Å²) in [5.74, 6) is 0. The van der Waals surface area contributed by atoms with Gasteiger partial charge in [0.1, 0.15) is 4.34 Å². The molecule has 0 bridgehead atoms. The van der Waals surface area contributed by atoms with E-state index in [0.717, 1.165) is 0 Å². The maximum Gasteiger partial charge on any atom is 0.100 e. The van der Waals surface area contributed by atoms with Crippen LogP contribution in [0, 0.1) is 0 Å². The van der Waals surface area contributed by atoms with Gasteiger partial charge in [-0.1, -0.05) is 29.3 Å². The van der Waals surface area contributed by atoms with Gasteiger partial charge in [0.2, 0.25) is 0 Å². The summed E-state index contributed by atoms with van der Waals surface area (Å²) in [7, 11) is 0. The molecular formula is C8H8Cl2OS. The third-order valence-electron chi connectivity index (χ3n) is 1.43. The maximum atomic E-state index is 9.51. The fraction of sp³-hybridized carbons (Fsp3) is 0.250. The molecule has 1 aromatic heterocycles. The molecule has 0 aliphatic carbocycles. The van der Waals surface area contributed by atoms with E-state index in [0.29, 0.717) is 20.7 Å². The lowest BCUT2D eigenvalue weighted by Gasteiger charge is -2.04. The van der Waals surface area contributed by atoms with E-state index in [1.54, 1.807) is 12.1 Å². The fourth-order valence-corrected chi connectivity index (χ4v) is 2.43. The van der Waals surface area contributed by atoms with Gasteiger partial charge >= 0.3 is 0 Å². The Balaban J connectivity index is 2.85. The van der Waals surface area contributed by atoms with Crippen molar-refractivity contribution in [3.05, 3.63) is 33.0 Å². The van der Waals surface area contributed by atoms with Crippen LogP contribution < -0.4 is 0 Å². The van der Waals surface area contributed by atoms with Crippen LogP contribution >= 0.6 is 34.5 Å². The van der Waals surface area contributed by atoms with Crippen LogP contribution in [0.3, 0.4) is 0 Å². The number of hydrogen-bond donors (Lipinski definition) is 1. The van der Waals surface area contributed by atoms with Crippen molar-refractivity contribution in [1.29, 1.82) is 0 Å². The third kappa shape index (κ3) is 2.23. The lowest BCUT2D eigenvalue weighted by atomic mass is 10.1. The first-order valence-electron chi connectivity index (χ1n) is 3.39. The Bertz CT molecular complexity index is 283. The summed E-state index contributed by atoms with van der Waals surface area (Å²) < 4.78 is 1.15. The quantitative estimate of drug-likeness (QED) is 0.775. The van der Waals surface area contributed by atoms with Crippen molar-refractivity contribution in [3.8, 4) is 0 Å². The molecular weight excluding hydrogens is 215 g/mol. The number of aliphatic hydroxyl groups is 1. The van der Waals surface area contributed by atoms with Crippen molar-refractivity contribution in [2.75, 3.05) is 0 Å². The standard InChI is InChI=1S/C8H8Cl2OS/c1-2-3-6(11)5-4-7(9)12-8(5)10/h2,4,6,11H,1,3H2. The molecule has 1 nitrogen and oxygen atoms in total. The molecule has 0 spiro atoms. The first kappa shape index (κ1) is 10.1. The van der Waals surface area contributed by atoms with Gasteiger partial charge in [-0.15, -0.1) is 17.9 Å². The molecule has 1 aromatic rings. The number of halogens is 2. The molecule has 0 aromatic carbocycles. The lowest BCUT2D eigenvalue weighted by Crippen LogP contribution is -1.93. The number of hydrogen-bond acceptors (Lipinski definition) is 2. The Labute approximate surface area is 85.2 Å². The molecule has 0 fully saturated rings. The Kier molecular flexibility index (Phi) is 3.59. The van der Waals surface area contributed by atoms with Crippen LogP contribution in [-0.2, 0) is 0 Å². The van der Waals surface area contributed by atoms with Gasteiger partial charge in [-0.05, 0) is 12.5 Å². The second-order valence-corrected chi connectivity index (χ2v) is 4.61. The van der Waals surface area contributed by atoms with Crippen LogP contribution in [0.25, 0.3) is 0 Å². The Morgan fingerprint density at radius 3 is 2.75 bits per heavy atom. The predicted molar refractivity (Wildman–Crippen MR) is 54.1 cm³/mol. The fourth-order valence-electron chi connectivity index (χ4n) is 0.865. The van der Waals surface area contributed by atoms with Crippen LogP contribution in [-0.4, -0.2) is 5.11 Å². The van der Waals surface area contributed by atoms with Gasteiger partial charge in [-0.2, -0.15) is 0 Å². The van der Waals surface area contributed by atoms with Gasteiger partial charge in [-0.3, -0.25) is 0 Å². The molecule has 66 valence electrons. The number of aliphatic hydroxyl groups excluding tert-OH is 1. The van der Waals surface area contributed by atoms with Crippen LogP contribution in [0.15, 0.2) is 18.7 Å². The molecule has 0 amide bonds. The summed E-state index contributed by atoms with van der Waals surface area (Å²) in [4.78, 5) is 0. The van der Waals surface area contributed by atoms with Gasteiger partial charge in [-0.25, -0.2) is 0 Å². The Hall–Kier alpha value is -0.0200. The average Bonchev–Trinajstić information content (AvgIpc) is 2.30. The summed E-state index contributed by atoms with van der Waals surface area (Å²) in [5.41, 5.74) is 0.687. The molecule has 1 heterocycles. The maximum absolute atomic E-state index is 9.51. The smallest absolute Gasteiger partial charge is 0.100 e. The molecule has 0 saturated carbocycles. The van der Waals surface area contributed by atoms with Gasteiger partial charge in [0.05, 0.1) is 10.4 Å². The van der Waals surface area contributed by atoms with Crippen LogP contribution in [0.2, 0.25) is 8.67 Å². The van der Waals surface area contributed by atoms with E-state index in [1.165, 1.54) is 11.3 Å². The molecule has 0 aliphatic rings. The number of rotatable bonds is 3. The zero-order chi connectivity index (χ0) is 9.14. The first-order chi connectivity index (χ1) is 5.65. The van der Waals surface area contributed by atoms with E-state index in [2.05, 4.69) is 6.58 Å². The topological polar surface area (TPSA) is 20.2 Å². The Morgan fingerprint density at radius 2 is 2.33 bits per heavy atom. The molecule has 0 saturated heterocycles. The summed E-state index contributed by atoms with van der Waals surface area (Å²) >= 11 is 12.8. The van der Waals surface area contributed by atoms with Crippen molar-refractivity contribution in [2.45, 2.75) is 12.5 Å². The highest BCUT2D eigenvalue weighted by atomic mass is 35.5. The van der Waals surface area contributed by atoms with Crippen molar-refractivity contribution in [2.24, 2.45) is 0 Å². The van der Waals surface area contributed by atoms with E-state index >= 15 is 0 Å². The second kappa shape index (κ2) is 4.28. The summed E-state index contributed by atoms with van der Waals surface area (Å²) in [6.45, 7) is 3.53. The molecule has 1 rings (SSSR count). The molecule has 1 unspecified atom stereocenters. The second-order valence-electron chi connectivity index (χ2n) is 2.32. The molecule has 1 N–H and O–H groups in total. The number of thiophene rings is 1.